The number of aryl methyl sites for hydroxylation is 1. The minimum Gasteiger partial charge on any atom is -0.361 e. The van der Waals surface area contributed by atoms with E-state index in [9.17, 15) is 9.18 Å². The van der Waals surface area contributed by atoms with Gasteiger partial charge in [-0.1, -0.05) is 11.2 Å². The Labute approximate surface area is 150 Å². The molecule has 2 heterocycles. The van der Waals surface area contributed by atoms with Gasteiger partial charge in [-0.15, -0.1) is 11.8 Å². The summed E-state index contributed by atoms with van der Waals surface area (Å²) in [6.45, 7) is 3.41. The summed E-state index contributed by atoms with van der Waals surface area (Å²) < 4.78 is 19.3. The first kappa shape index (κ1) is 17.8. The summed E-state index contributed by atoms with van der Waals surface area (Å²) in [5, 5.41) is 6.77. The van der Waals surface area contributed by atoms with E-state index in [1.54, 1.807) is 11.0 Å². The van der Waals surface area contributed by atoms with Crippen molar-refractivity contribution in [2.45, 2.75) is 37.1 Å². The number of amides is 2. The fraction of sp³-hybridized carbons (Fsp3) is 0.444. The van der Waals surface area contributed by atoms with Crippen LogP contribution in [0.5, 0.6) is 0 Å². The van der Waals surface area contributed by atoms with Crippen LogP contribution in [0.3, 0.4) is 0 Å². The average molecular weight is 363 g/mol. The molecule has 0 radical (unpaired) electrons. The van der Waals surface area contributed by atoms with Crippen molar-refractivity contribution in [3.8, 4) is 0 Å². The molecule has 1 aliphatic heterocycles. The van der Waals surface area contributed by atoms with Gasteiger partial charge in [-0.2, -0.15) is 0 Å². The Morgan fingerprint density at radius 1 is 1.44 bits per heavy atom. The van der Waals surface area contributed by atoms with E-state index in [1.165, 1.54) is 17.8 Å². The molecule has 0 spiro atoms. The number of likely N-dealkylation sites (tertiary alicyclic amines) is 1. The predicted molar refractivity (Wildman–Crippen MR) is 95.2 cm³/mol. The van der Waals surface area contributed by atoms with Gasteiger partial charge in [-0.05, 0) is 38.2 Å². The molecular weight excluding hydrogens is 341 g/mol. The second kappa shape index (κ2) is 7.91. The number of urea groups is 1. The molecule has 0 bridgehead atoms. The van der Waals surface area contributed by atoms with E-state index >= 15 is 0 Å². The van der Waals surface area contributed by atoms with Crippen LogP contribution in [-0.4, -0.2) is 35.4 Å². The van der Waals surface area contributed by atoms with E-state index < -0.39 is 0 Å². The molecule has 1 fully saturated rings. The summed E-state index contributed by atoms with van der Waals surface area (Å²) in [7, 11) is 0. The summed E-state index contributed by atoms with van der Waals surface area (Å²) in [6.07, 6.45) is 3.59. The predicted octanol–water partition coefficient (Wildman–Crippen LogP) is 3.93. The molecule has 0 unspecified atom stereocenters. The molecule has 134 valence electrons. The summed E-state index contributed by atoms with van der Waals surface area (Å²) in [5.41, 5.74) is 1.42. The number of nitrogens with zero attached hydrogens (tertiary/aromatic N) is 2. The molecule has 0 aliphatic carbocycles. The summed E-state index contributed by atoms with van der Waals surface area (Å²) >= 11 is 1.48. The van der Waals surface area contributed by atoms with Crippen LogP contribution in [0, 0.1) is 12.7 Å². The zero-order chi connectivity index (χ0) is 17.8. The SMILES string of the molecule is CSc1cccc(F)c1CNC(=O)N1CCC(c2cc(C)no2)CC1. The first-order valence-electron chi connectivity index (χ1n) is 8.36. The Balaban J connectivity index is 1.53. The number of rotatable bonds is 4. The Kier molecular flexibility index (Phi) is 5.63. The molecule has 25 heavy (non-hydrogen) atoms. The number of nitrogens with one attached hydrogen (secondary N) is 1. The maximum atomic E-state index is 14.0. The highest BCUT2D eigenvalue weighted by molar-refractivity contribution is 7.98. The van der Waals surface area contributed by atoms with Gasteiger partial charge in [0.1, 0.15) is 11.6 Å². The van der Waals surface area contributed by atoms with Gasteiger partial charge in [0.05, 0.1) is 5.69 Å². The van der Waals surface area contributed by atoms with Gasteiger partial charge in [-0.25, -0.2) is 9.18 Å². The normalized spacial score (nSPS) is 15.4. The van der Waals surface area contributed by atoms with Crippen LogP contribution in [0.1, 0.15) is 35.8 Å². The third-order valence-corrected chi connectivity index (χ3v) is 5.37. The smallest absolute Gasteiger partial charge is 0.317 e. The number of carbonyl (C=O) groups excluding carboxylic acids is 1. The second-order valence-electron chi connectivity index (χ2n) is 6.21. The minimum absolute atomic E-state index is 0.150. The largest absolute Gasteiger partial charge is 0.361 e. The summed E-state index contributed by atoms with van der Waals surface area (Å²) in [6, 6.07) is 6.78. The number of thioether (sulfide) groups is 1. The van der Waals surface area contributed by atoms with Crippen molar-refractivity contribution in [2.75, 3.05) is 19.3 Å². The molecular formula is C18H22FN3O2S. The van der Waals surface area contributed by atoms with Gasteiger partial charge in [0.25, 0.3) is 0 Å². The number of carbonyl (C=O) groups is 1. The van der Waals surface area contributed by atoms with Crippen molar-refractivity contribution in [2.24, 2.45) is 0 Å². The van der Waals surface area contributed by atoms with E-state index in [1.807, 2.05) is 25.3 Å². The summed E-state index contributed by atoms with van der Waals surface area (Å²) in [5.74, 6) is 0.917. The first-order valence-corrected chi connectivity index (χ1v) is 9.58. The third-order valence-electron chi connectivity index (χ3n) is 4.54. The molecule has 0 atom stereocenters. The number of hydrogen-bond donors (Lipinski definition) is 1. The van der Waals surface area contributed by atoms with Crippen molar-refractivity contribution in [1.29, 1.82) is 0 Å². The van der Waals surface area contributed by atoms with Crippen LogP contribution >= 0.6 is 11.8 Å². The standard InChI is InChI=1S/C18H22FN3O2S/c1-12-10-16(24-21-12)13-6-8-22(9-7-13)18(23)20-11-14-15(19)4-3-5-17(14)25-2/h3-5,10,13H,6-9,11H2,1-2H3,(H,20,23). The van der Waals surface area contributed by atoms with E-state index in [0.29, 0.717) is 24.6 Å². The molecule has 2 aromatic rings. The maximum Gasteiger partial charge on any atom is 0.317 e. The Hall–Kier alpha value is -2.02. The fourth-order valence-electron chi connectivity index (χ4n) is 3.12. The van der Waals surface area contributed by atoms with E-state index in [2.05, 4.69) is 10.5 Å². The number of hydrogen-bond acceptors (Lipinski definition) is 4. The molecule has 3 rings (SSSR count). The van der Waals surface area contributed by atoms with E-state index in [0.717, 1.165) is 29.2 Å². The van der Waals surface area contributed by atoms with Crippen molar-refractivity contribution < 1.29 is 13.7 Å². The molecule has 1 aromatic heterocycles. The van der Waals surface area contributed by atoms with Crippen molar-refractivity contribution in [3.05, 3.63) is 47.1 Å². The lowest BCUT2D eigenvalue weighted by Crippen LogP contribution is -2.43. The molecule has 5 nitrogen and oxygen atoms in total. The van der Waals surface area contributed by atoms with Crippen LogP contribution in [0.15, 0.2) is 33.7 Å². The molecule has 1 aliphatic rings. The van der Waals surface area contributed by atoms with Gasteiger partial charge in [0, 0.05) is 42.1 Å². The molecule has 1 saturated heterocycles. The van der Waals surface area contributed by atoms with Crippen molar-refractivity contribution >= 4 is 17.8 Å². The average Bonchev–Trinajstić information content (AvgIpc) is 3.06. The lowest BCUT2D eigenvalue weighted by Gasteiger charge is -2.31. The van der Waals surface area contributed by atoms with Gasteiger partial charge < -0.3 is 14.7 Å². The van der Waals surface area contributed by atoms with Gasteiger partial charge >= 0.3 is 6.03 Å². The number of halogens is 1. The highest BCUT2D eigenvalue weighted by atomic mass is 32.2. The zero-order valence-corrected chi connectivity index (χ0v) is 15.2. The highest BCUT2D eigenvalue weighted by Crippen LogP contribution is 2.28. The first-order chi connectivity index (χ1) is 12.1. The van der Waals surface area contributed by atoms with E-state index in [4.69, 9.17) is 4.52 Å². The lowest BCUT2D eigenvalue weighted by atomic mass is 9.94. The van der Waals surface area contributed by atoms with Crippen LogP contribution in [0.25, 0.3) is 0 Å². The number of aromatic nitrogens is 1. The maximum absolute atomic E-state index is 14.0. The van der Waals surface area contributed by atoms with Gasteiger partial charge in [-0.3, -0.25) is 0 Å². The molecule has 7 heteroatoms. The van der Waals surface area contributed by atoms with Crippen LogP contribution < -0.4 is 5.32 Å². The molecule has 1 aromatic carbocycles. The van der Waals surface area contributed by atoms with Crippen LogP contribution in [0.4, 0.5) is 9.18 Å². The zero-order valence-electron chi connectivity index (χ0n) is 14.4. The Morgan fingerprint density at radius 2 is 2.20 bits per heavy atom. The van der Waals surface area contributed by atoms with E-state index in [-0.39, 0.29) is 18.4 Å². The Bertz CT molecular complexity index is 742. The number of piperidine rings is 1. The highest BCUT2D eigenvalue weighted by Gasteiger charge is 2.26. The Morgan fingerprint density at radius 3 is 2.84 bits per heavy atom. The molecule has 1 N–H and O–H groups in total. The minimum atomic E-state index is -0.286. The second-order valence-corrected chi connectivity index (χ2v) is 7.06. The number of benzene rings is 1. The quantitative estimate of drug-likeness (QED) is 0.836. The third kappa shape index (κ3) is 4.15. The fourth-order valence-corrected chi connectivity index (χ4v) is 3.75. The molecule has 2 amide bonds. The van der Waals surface area contributed by atoms with Crippen LogP contribution in [0.2, 0.25) is 0 Å². The van der Waals surface area contributed by atoms with Crippen molar-refractivity contribution in [3.63, 3.8) is 0 Å². The van der Waals surface area contributed by atoms with Gasteiger partial charge in [0.15, 0.2) is 0 Å². The van der Waals surface area contributed by atoms with Gasteiger partial charge in [0.2, 0.25) is 0 Å². The monoisotopic (exact) mass is 363 g/mol. The van der Waals surface area contributed by atoms with Crippen molar-refractivity contribution in [1.82, 2.24) is 15.4 Å². The topological polar surface area (TPSA) is 58.4 Å². The van der Waals surface area contributed by atoms with Crippen LogP contribution in [-0.2, 0) is 6.54 Å². The lowest BCUT2D eigenvalue weighted by molar-refractivity contribution is 0.175. The summed E-state index contributed by atoms with van der Waals surface area (Å²) in [4.78, 5) is 15.0. The molecule has 0 saturated carbocycles.